The molecular formula is C19H29N5O2. The number of carbonyl (C=O) groups excluding carboxylic acids is 2. The molecule has 4 amide bonds. The number of amides is 4. The third-order valence-electron chi connectivity index (χ3n) is 5.14. The van der Waals surface area contributed by atoms with Crippen molar-refractivity contribution in [1.29, 1.82) is 0 Å². The molecule has 142 valence electrons. The molecule has 3 N–H and O–H groups in total. The van der Waals surface area contributed by atoms with Crippen LogP contribution >= 0.6 is 0 Å². The van der Waals surface area contributed by atoms with Crippen molar-refractivity contribution in [2.75, 3.05) is 42.9 Å². The first-order chi connectivity index (χ1) is 12.5. The molecule has 26 heavy (non-hydrogen) atoms. The van der Waals surface area contributed by atoms with Crippen LogP contribution in [0.25, 0.3) is 0 Å². The van der Waals surface area contributed by atoms with Crippen molar-refractivity contribution in [2.45, 2.75) is 32.7 Å². The number of rotatable bonds is 5. The highest BCUT2D eigenvalue weighted by Crippen LogP contribution is 2.21. The van der Waals surface area contributed by atoms with Crippen LogP contribution in [0.3, 0.4) is 0 Å². The number of anilines is 2. The lowest BCUT2D eigenvalue weighted by Gasteiger charge is -2.35. The molecular weight excluding hydrogens is 330 g/mol. The average molecular weight is 359 g/mol. The predicted octanol–water partition coefficient (Wildman–Crippen LogP) is 2.46. The summed E-state index contributed by atoms with van der Waals surface area (Å²) < 4.78 is 0. The van der Waals surface area contributed by atoms with E-state index in [1.54, 1.807) is 4.90 Å². The maximum absolute atomic E-state index is 12.2. The van der Waals surface area contributed by atoms with Crippen LogP contribution in [-0.2, 0) is 0 Å². The predicted molar refractivity (Wildman–Crippen MR) is 104 cm³/mol. The first kappa shape index (κ1) is 18.5. The summed E-state index contributed by atoms with van der Waals surface area (Å²) in [4.78, 5) is 28.1. The van der Waals surface area contributed by atoms with Crippen LogP contribution < -0.4 is 20.9 Å². The highest BCUT2D eigenvalue weighted by atomic mass is 16.2. The summed E-state index contributed by atoms with van der Waals surface area (Å²) in [5.41, 5.74) is 1.47. The molecule has 0 aromatic heterocycles. The number of hydrogen-bond acceptors (Lipinski definition) is 3. The van der Waals surface area contributed by atoms with Gasteiger partial charge in [0.1, 0.15) is 0 Å². The van der Waals surface area contributed by atoms with Gasteiger partial charge in [-0.1, -0.05) is 13.0 Å². The fourth-order valence-electron chi connectivity index (χ4n) is 3.64. The van der Waals surface area contributed by atoms with Gasteiger partial charge < -0.3 is 16.0 Å². The van der Waals surface area contributed by atoms with E-state index in [0.717, 1.165) is 24.7 Å². The lowest BCUT2D eigenvalue weighted by Crippen LogP contribution is -2.47. The fourth-order valence-corrected chi connectivity index (χ4v) is 3.64. The Kier molecular flexibility index (Phi) is 5.98. The van der Waals surface area contributed by atoms with E-state index in [0.29, 0.717) is 31.4 Å². The monoisotopic (exact) mass is 359 g/mol. The molecule has 2 fully saturated rings. The standard InChI is InChI=1S/C19H29N5O2/c1-14-5-4-9-23(13-14)15(2)12-21-18(25)22-16-6-3-7-17(11-16)24-10-8-20-19(24)26/h3,6-7,11,14-15H,4-5,8-10,12-13H2,1-2H3,(H,20,26)(H2,21,22,25)/t14-,15-/m1/s1. The van der Waals surface area contributed by atoms with Gasteiger partial charge in [-0.2, -0.15) is 0 Å². The Morgan fingerprint density at radius 3 is 2.96 bits per heavy atom. The molecule has 1 aromatic carbocycles. The summed E-state index contributed by atoms with van der Waals surface area (Å²) in [6.45, 7) is 8.55. The smallest absolute Gasteiger partial charge is 0.321 e. The first-order valence-corrected chi connectivity index (χ1v) is 9.47. The zero-order valence-electron chi connectivity index (χ0n) is 15.6. The Bertz CT molecular complexity index is 651. The van der Waals surface area contributed by atoms with Crippen molar-refractivity contribution >= 4 is 23.4 Å². The van der Waals surface area contributed by atoms with Crippen molar-refractivity contribution in [3.8, 4) is 0 Å². The van der Waals surface area contributed by atoms with Gasteiger partial charge in [0.15, 0.2) is 0 Å². The topological polar surface area (TPSA) is 76.7 Å². The van der Waals surface area contributed by atoms with Crippen molar-refractivity contribution < 1.29 is 9.59 Å². The second-order valence-electron chi connectivity index (χ2n) is 7.36. The van der Waals surface area contributed by atoms with E-state index in [1.165, 1.54) is 12.8 Å². The minimum Gasteiger partial charge on any atom is -0.336 e. The molecule has 0 unspecified atom stereocenters. The van der Waals surface area contributed by atoms with Crippen LogP contribution in [0.5, 0.6) is 0 Å². The largest absolute Gasteiger partial charge is 0.336 e. The summed E-state index contributed by atoms with van der Waals surface area (Å²) in [6.07, 6.45) is 2.52. The van der Waals surface area contributed by atoms with E-state index in [9.17, 15) is 9.59 Å². The molecule has 2 saturated heterocycles. The van der Waals surface area contributed by atoms with Gasteiger partial charge in [0.2, 0.25) is 0 Å². The summed E-state index contributed by atoms with van der Waals surface area (Å²) in [7, 11) is 0. The van der Waals surface area contributed by atoms with Crippen LogP contribution in [0.4, 0.5) is 21.0 Å². The summed E-state index contributed by atoms with van der Waals surface area (Å²) in [5.74, 6) is 0.727. The molecule has 2 aliphatic heterocycles. The molecule has 0 bridgehead atoms. The number of hydrogen-bond donors (Lipinski definition) is 3. The highest BCUT2D eigenvalue weighted by molar-refractivity contribution is 5.95. The van der Waals surface area contributed by atoms with Gasteiger partial charge in [0, 0.05) is 43.6 Å². The van der Waals surface area contributed by atoms with Crippen molar-refractivity contribution in [2.24, 2.45) is 5.92 Å². The molecule has 1 aromatic rings. The van der Waals surface area contributed by atoms with E-state index in [1.807, 2.05) is 24.3 Å². The van der Waals surface area contributed by atoms with Gasteiger partial charge in [0.25, 0.3) is 0 Å². The van der Waals surface area contributed by atoms with E-state index < -0.39 is 0 Å². The van der Waals surface area contributed by atoms with Gasteiger partial charge in [0.05, 0.1) is 0 Å². The Morgan fingerprint density at radius 1 is 1.38 bits per heavy atom. The average Bonchev–Trinajstić information content (AvgIpc) is 3.06. The molecule has 0 saturated carbocycles. The number of piperidine rings is 1. The van der Waals surface area contributed by atoms with E-state index in [2.05, 4.69) is 34.7 Å². The van der Waals surface area contributed by atoms with Crippen molar-refractivity contribution in [3.63, 3.8) is 0 Å². The molecule has 0 aliphatic carbocycles. The van der Waals surface area contributed by atoms with E-state index >= 15 is 0 Å². The molecule has 7 nitrogen and oxygen atoms in total. The number of carbonyl (C=O) groups is 2. The third-order valence-corrected chi connectivity index (χ3v) is 5.14. The number of benzene rings is 1. The molecule has 3 rings (SSSR count). The van der Waals surface area contributed by atoms with Gasteiger partial charge in [-0.05, 0) is 50.4 Å². The van der Waals surface area contributed by atoms with Crippen molar-refractivity contribution in [1.82, 2.24) is 15.5 Å². The maximum Gasteiger partial charge on any atom is 0.321 e. The fraction of sp³-hybridized carbons (Fsp3) is 0.579. The Hall–Kier alpha value is -2.28. The lowest BCUT2D eigenvalue weighted by atomic mass is 9.99. The Balaban J connectivity index is 1.49. The highest BCUT2D eigenvalue weighted by Gasteiger charge is 2.22. The normalized spacial score (nSPS) is 22.0. The zero-order valence-corrected chi connectivity index (χ0v) is 15.6. The summed E-state index contributed by atoms with van der Waals surface area (Å²) in [6, 6.07) is 7.36. The zero-order chi connectivity index (χ0) is 18.5. The quantitative estimate of drug-likeness (QED) is 0.756. The number of likely N-dealkylation sites (tertiary alicyclic amines) is 1. The first-order valence-electron chi connectivity index (χ1n) is 9.47. The number of nitrogens with zero attached hydrogens (tertiary/aromatic N) is 2. The van der Waals surface area contributed by atoms with Gasteiger partial charge in [-0.3, -0.25) is 9.80 Å². The van der Waals surface area contributed by atoms with Crippen LogP contribution in [-0.4, -0.2) is 55.7 Å². The van der Waals surface area contributed by atoms with Crippen molar-refractivity contribution in [3.05, 3.63) is 24.3 Å². The summed E-state index contributed by atoms with van der Waals surface area (Å²) in [5, 5.41) is 8.59. The van der Waals surface area contributed by atoms with Crippen LogP contribution in [0.15, 0.2) is 24.3 Å². The second kappa shape index (κ2) is 8.40. The van der Waals surface area contributed by atoms with Gasteiger partial charge >= 0.3 is 12.1 Å². The SMILES string of the molecule is C[C@@H]1CCCN([C@H](C)CNC(=O)Nc2cccc(N3CCNC3=O)c2)C1. The van der Waals surface area contributed by atoms with E-state index in [-0.39, 0.29) is 12.1 Å². The number of nitrogens with one attached hydrogen (secondary N) is 3. The van der Waals surface area contributed by atoms with Crippen LogP contribution in [0, 0.1) is 5.92 Å². The minimum absolute atomic E-state index is 0.101. The molecule has 2 atom stereocenters. The molecule has 0 radical (unpaired) electrons. The molecule has 2 aliphatic rings. The van der Waals surface area contributed by atoms with Gasteiger partial charge in [-0.25, -0.2) is 9.59 Å². The Labute approximate surface area is 155 Å². The number of urea groups is 2. The third kappa shape index (κ3) is 4.66. The minimum atomic E-state index is -0.218. The molecule has 7 heteroatoms. The maximum atomic E-state index is 12.2. The van der Waals surface area contributed by atoms with E-state index in [4.69, 9.17) is 0 Å². The van der Waals surface area contributed by atoms with Crippen LogP contribution in [0.1, 0.15) is 26.7 Å². The van der Waals surface area contributed by atoms with Gasteiger partial charge in [-0.15, -0.1) is 0 Å². The molecule has 0 spiro atoms. The summed E-state index contributed by atoms with van der Waals surface area (Å²) >= 11 is 0. The van der Waals surface area contributed by atoms with Crippen LogP contribution in [0.2, 0.25) is 0 Å². The second-order valence-corrected chi connectivity index (χ2v) is 7.36. The lowest BCUT2D eigenvalue weighted by molar-refractivity contribution is 0.138. The molecule has 2 heterocycles. The Morgan fingerprint density at radius 2 is 2.23 bits per heavy atom.